The van der Waals surface area contributed by atoms with Crippen molar-refractivity contribution in [2.45, 2.75) is 52.0 Å². The van der Waals surface area contributed by atoms with Crippen molar-refractivity contribution < 1.29 is 9.59 Å². The lowest BCUT2D eigenvalue weighted by atomic mass is 9.87. The zero-order valence-electron chi connectivity index (χ0n) is 16.4. The van der Waals surface area contributed by atoms with Gasteiger partial charge in [-0.15, -0.1) is 0 Å². The number of amides is 2. The standard InChI is InChI=1S/C23H28N2O2/c1-23(2,3)19-8-10-20(11-9-19)24-21(26)12-13-22(27)25-15-14-17-6-4-5-7-18(17)16-25/h4-11H,12-16H2,1-3H3,(H,24,26). The van der Waals surface area contributed by atoms with Crippen molar-refractivity contribution in [3.63, 3.8) is 0 Å². The molecule has 0 bridgehead atoms. The number of nitrogens with one attached hydrogen (secondary N) is 1. The van der Waals surface area contributed by atoms with Gasteiger partial charge < -0.3 is 10.2 Å². The largest absolute Gasteiger partial charge is 0.338 e. The van der Waals surface area contributed by atoms with Crippen molar-refractivity contribution in [3.05, 3.63) is 65.2 Å². The molecule has 0 aromatic heterocycles. The number of benzene rings is 2. The summed E-state index contributed by atoms with van der Waals surface area (Å²) in [6, 6.07) is 16.1. The third-order valence-electron chi connectivity index (χ3n) is 5.08. The van der Waals surface area contributed by atoms with E-state index in [1.165, 1.54) is 16.7 Å². The van der Waals surface area contributed by atoms with Gasteiger partial charge in [0.2, 0.25) is 11.8 Å². The molecule has 1 N–H and O–H groups in total. The molecule has 0 saturated heterocycles. The highest BCUT2D eigenvalue weighted by atomic mass is 16.2. The number of hydrogen-bond donors (Lipinski definition) is 1. The van der Waals surface area contributed by atoms with E-state index in [1.54, 1.807) is 0 Å². The van der Waals surface area contributed by atoms with Crippen molar-refractivity contribution >= 4 is 17.5 Å². The maximum absolute atomic E-state index is 12.5. The fraction of sp³-hybridized carbons (Fsp3) is 0.391. The highest BCUT2D eigenvalue weighted by Gasteiger charge is 2.21. The molecule has 2 amide bonds. The lowest BCUT2D eigenvalue weighted by Gasteiger charge is -2.28. The lowest BCUT2D eigenvalue weighted by molar-refractivity contribution is -0.133. The summed E-state index contributed by atoms with van der Waals surface area (Å²) in [6.45, 7) is 7.85. The van der Waals surface area contributed by atoms with Crippen LogP contribution in [-0.4, -0.2) is 23.3 Å². The van der Waals surface area contributed by atoms with E-state index in [0.29, 0.717) is 6.54 Å². The Morgan fingerprint density at radius 1 is 0.963 bits per heavy atom. The summed E-state index contributed by atoms with van der Waals surface area (Å²) in [6.07, 6.45) is 1.33. The number of nitrogens with zero attached hydrogens (tertiary/aromatic N) is 1. The Hall–Kier alpha value is -2.62. The first-order valence-electron chi connectivity index (χ1n) is 9.58. The van der Waals surface area contributed by atoms with Crippen LogP contribution in [0, 0.1) is 0 Å². The van der Waals surface area contributed by atoms with Crippen LogP contribution in [0.2, 0.25) is 0 Å². The Bertz CT molecular complexity index is 819. The smallest absolute Gasteiger partial charge is 0.224 e. The molecule has 142 valence electrons. The predicted molar refractivity (Wildman–Crippen MR) is 109 cm³/mol. The number of hydrogen-bond acceptors (Lipinski definition) is 2. The molecule has 0 saturated carbocycles. The minimum Gasteiger partial charge on any atom is -0.338 e. The number of carbonyl (C=O) groups is 2. The molecule has 0 atom stereocenters. The fourth-order valence-electron chi connectivity index (χ4n) is 3.36. The van der Waals surface area contributed by atoms with Crippen LogP contribution in [0.15, 0.2) is 48.5 Å². The Morgan fingerprint density at radius 3 is 2.30 bits per heavy atom. The normalized spacial score (nSPS) is 13.8. The van der Waals surface area contributed by atoms with Gasteiger partial charge in [0.25, 0.3) is 0 Å². The first kappa shape index (κ1) is 19.2. The van der Waals surface area contributed by atoms with E-state index in [0.717, 1.165) is 18.7 Å². The van der Waals surface area contributed by atoms with Crippen LogP contribution < -0.4 is 5.32 Å². The quantitative estimate of drug-likeness (QED) is 0.880. The molecular weight excluding hydrogens is 336 g/mol. The molecule has 0 fully saturated rings. The SMILES string of the molecule is CC(C)(C)c1ccc(NC(=O)CCC(=O)N2CCc3ccccc3C2)cc1. The average molecular weight is 364 g/mol. The summed E-state index contributed by atoms with van der Waals surface area (Å²) >= 11 is 0. The third-order valence-corrected chi connectivity index (χ3v) is 5.08. The molecule has 2 aromatic rings. The van der Waals surface area contributed by atoms with Crippen LogP contribution in [0.1, 0.15) is 50.3 Å². The van der Waals surface area contributed by atoms with E-state index in [-0.39, 0.29) is 30.1 Å². The van der Waals surface area contributed by atoms with Crippen LogP contribution in [0.3, 0.4) is 0 Å². The van der Waals surface area contributed by atoms with Crippen LogP contribution in [0.5, 0.6) is 0 Å². The maximum atomic E-state index is 12.5. The van der Waals surface area contributed by atoms with Gasteiger partial charge in [-0.25, -0.2) is 0 Å². The van der Waals surface area contributed by atoms with Gasteiger partial charge in [0.1, 0.15) is 0 Å². The van der Waals surface area contributed by atoms with E-state index >= 15 is 0 Å². The fourth-order valence-corrected chi connectivity index (χ4v) is 3.36. The summed E-state index contributed by atoms with van der Waals surface area (Å²) in [5.41, 5.74) is 4.61. The van der Waals surface area contributed by atoms with E-state index in [1.807, 2.05) is 41.3 Å². The van der Waals surface area contributed by atoms with Gasteiger partial charge in [0, 0.05) is 31.6 Å². The molecule has 4 nitrogen and oxygen atoms in total. The lowest BCUT2D eigenvalue weighted by Crippen LogP contribution is -2.36. The summed E-state index contributed by atoms with van der Waals surface area (Å²) in [7, 11) is 0. The zero-order valence-corrected chi connectivity index (χ0v) is 16.4. The van der Waals surface area contributed by atoms with Gasteiger partial charge in [-0.3, -0.25) is 9.59 Å². The number of fused-ring (bicyclic) bond motifs is 1. The van der Waals surface area contributed by atoms with E-state index < -0.39 is 0 Å². The van der Waals surface area contributed by atoms with Crippen molar-refractivity contribution in [3.8, 4) is 0 Å². The minimum absolute atomic E-state index is 0.0442. The highest BCUT2D eigenvalue weighted by molar-refractivity contribution is 5.93. The molecule has 2 aromatic carbocycles. The highest BCUT2D eigenvalue weighted by Crippen LogP contribution is 2.23. The molecule has 0 spiro atoms. The number of rotatable bonds is 4. The summed E-state index contributed by atoms with van der Waals surface area (Å²) in [5.74, 6) is -0.0769. The Morgan fingerprint density at radius 2 is 1.63 bits per heavy atom. The van der Waals surface area contributed by atoms with Gasteiger partial charge in [0.05, 0.1) is 0 Å². The first-order valence-corrected chi connectivity index (χ1v) is 9.58. The average Bonchev–Trinajstić information content (AvgIpc) is 2.65. The monoisotopic (exact) mass is 364 g/mol. The molecule has 0 unspecified atom stereocenters. The van der Waals surface area contributed by atoms with Crippen molar-refractivity contribution in [2.24, 2.45) is 0 Å². The summed E-state index contributed by atoms with van der Waals surface area (Å²) in [4.78, 5) is 26.5. The Kier molecular flexibility index (Phi) is 5.64. The summed E-state index contributed by atoms with van der Waals surface area (Å²) in [5, 5.41) is 2.88. The maximum Gasteiger partial charge on any atom is 0.224 e. The Balaban J connectivity index is 1.48. The van der Waals surface area contributed by atoms with Crippen LogP contribution in [-0.2, 0) is 28.0 Å². The molecule has 3 rings (SSSR count). The first-order chi connectivity index (χ1) is 12.8. The van der Waals surface area contributed by atoms with E-state index in [4.69, 9.17) is 0 Å². The molecular formula is C23H28N2O2. The second-order valence-corrected chi connectivity index (χ2v) is 8.21. The van der Waals surface area contributed by atoms with Crippen LogP contribution >= 0.6 is 0 Å². The van der Waals surface area contributed by atoms with Gasteiger partial charge >= 0.3 is 0 Å². The molecule has 27 heavy (non-hydrogen) atoms. The van der Waals surface area contributed by atoms with Crippen LogP contribution in [0.4, 0.5) is 5.69 Å². The second kappa shape index (κ2) is 7.95. The van der Waals surface area contributed by atoms with E-state index in [2.05, 4.69) is 38.2 Å². The molecule has 0 aliphatic carbocycles. The zero-order chi connectivity index (χ0) is 19.4. The molecule has 0 radical (unpaired) electrons. The third kappa shape index (κ3) is 4.97. The van der Waals surface area contributed by atoms with Gasteiger partial charge in [0.15, 0.2) is 0 Å². The van der Waals surface area contributed by atoms with Gasteiger partial charge in [-0.05, 0) is 40.7 Å². The number of anilines is 1. The summed E-state index contributed by atoms with van der Waals surface area (Å²) < 4.78 is 0. The van der Waals surface area contributed by atoms with Crippen molar-refractivity contribution in [1.29, 1.82) is 0 Å². The molecule has 1 heterocycles. The van der Waals surface area contributed by atoms with Gasteiger partial charge in [-0.1, -0.05) is 57.2 Å². The van der Waals surface area contributed by atoms with E-state index in [9.17, 15) is 9.59 Å². The molecule has 4 heteroatoms. The van der Waals surface area contributed by atoms with Gasteiger partial charge in [-0.2, -0.15) is 0 Å². The van der Waals surface area contributed by atoms with Crippen molar-refractivity contribution in [2.75, 3.05) is 11.9 Å². The minimum atomic E-state index is -0.121. The van der Waals surface area contributed by atoms with Crippen LogP contribution in [0.25, 0.3) is 0 Å². The second-order valence-electron chi connectivity index (χ2n) is 8.21. The Labute approximate surface area is 161 Å². The molecule has 1 aliphatic heterocycles. The molecule has 1 aliphatic rings. The topological polar surface area (TPSA) is 49.4 Å². The van der Waals surface area contributed by atoms with Crippen molar-refractivity contribution in [1.82, 2.24) is 4.90 Å². The predicted octanol–water partition coefficient (Wildman–Crippen LogP) is 4.29. The number of carbonyl (C=O) groups excluding carboxylic acids is 2.